The number of nitrogens with zero attached hydrogens (tertiary/aromatic N) is 2. The zero-order chi connectivity index (χ0) is 22.4. The monoisotopic (exact) mass is 461 g/mol. The Morgan fingerprint density at radius 1 is 1.13 bits per heavy atom. The minimum atomic E-state index is -0.409. The number of nitrogens with one attached hydrogen (secondary N) is 1. The fourth-order valence-corrected chi connectivity index (χ4v) is 4.20. The van der Waals surface area contributed by atoms with Crippen LogP contribution in [0.15, 0.2) is 47.6 Å². The average Bonchev–Trinajstić information content (AvgIpc) is 3.13. The topological polar surface area (TPSA) is 80.2 Å². The number of ether oxygens (including phenoxy) is 2. The molecule has 0 saturated carbocycles. The largest absolute Gasteiger partial charge is 0.493 e. The molecule has 1 atom stereocenters. The van der Waals surface area contributed by atoms with Crippen molar-refractivity contribution >= 4 is 40.3 Å². The SMILES string of the molecule is CC(=O)NC1=NN(C(C)=O)[C@@H](c2ccc(OCCCOc3ccc(C)cc3)c(Cl)c2)S1. The number of benzene rings is 2. The Balaban J connectivity index is 1.54. The number of hydrazone groups is 1. The Morgan fingerprint density at radius 3 is 2.48 bits per heavy atom. The van der Waals surface area contributed by atoms with E-state index in [-0.39, 0.29) is 11.8 Å². The fourth-order valence-electron chi connectivity index (χ4n) is 2.83. The molecule has 31 heavy (non-hydrogen) atoms. The number of amides is 2. The summed E-state index contributed by atoms with van der Waals surface area (Å²) in [5.74, 6) is 0.908. The van der Waals surface area contributed by atoms with Gasteiger partial charge in [-0.1, -0.05) is 47.1 Å². The number of hydrogen-bond donors (Lipinski definition) is 1. The van der Waals surface area contributed by atoms with E-state index in [1.165, 1.54) is 36.2 Å². The molecule has 0 aromatic heterocycles. The van der Waals surface area contributed by atoms with Gasteiger partial charge < -0.3 is 14.8 Å². The van der Waals surface area contributed by atoms with Gasteiger partial charge in [0, 0.05) is 20.3 Å². The normalized spacial score (nSPS) is 15.4. The van der Waals surface area contributed by atoms with Crippen molar-refractivity contribution in [3.63, 3.8) is 0 Å². The first-order chi connectivity index (χ1) is 14.8. The van der Waals surface area contributed by atoms with Gasteiger partial charge in [0.2, 0.25) is 11.8 Å². The molecule has 1 aliphatic rings. The third-order valence-corrected chi connectivity index (χ3v) is 5.72. The van der Waals surface area contributed by atoms with Crippen LogP contribution < -0.4 is 14.8 Å². The van der Waals surface area contributed by atoms with Crippen molar-refractivity contribution in [2.75, 3.05) is 13.2 Å². The zero-order valence-corrected chi connectivity index (χ0v) is 19.1. The summed E-state index contributed by atoms with van der Waals surface area (Å²) >= 11 is 7.68. The predicted octanol–water partition coefficient (Wildman–Crippen LogP) is 4.50. The van der Waals surface area contributed by atoms with Crippen molar-refractivity contribution in [2.45, 2.75) is 32.6 Å². The first-order valence-electron chi connectivity index (χ1n) is 9.78. The summed E-state index contributed by atoms with van der Waals surface area (Å²) in [7, 11) is 0. The molecule has 1 aliphatic heterocycles. The third kappa shape index (κ3) is 6.38. The molecule has 0 bridgehead atoms. The fraction of sp³-hybridized carbons (Fsp3) is 0.318. The molecule has 1 N–H and O–H groups in total. The molecule has 0 fully saturated rings. The van der Waals surface area contributed by atoms with Crippen LogP contribution in [-0.4, -0.2) is 35.2 Å². The first-order valence-corrected chi connectivity index (χ1v) is 11.0. The molecule has 0 unspecified atom stereocenters. The Kier molecular flexibility index (Phi) is 7.81. The maximum atomic E-state index is 12.0. The number of carbonyl (C=O) groups is 2. The van der Waals surface area contributed by atoms with Crippen LogP contribution in [0.2, 0.25) is 5.02 Å². The van der Waals surface area contributed by atoms with Crippen LogP contribution in [0.3, 0.4) is 0 Å². The Bertz CT molecular complexity index is 981. The van der Waals surface area contributed by atoms with Crippen molar-refractivity contribution in [3.8, 4) is 11.5 Å². The second-order valence-corrected chi connectivity index (χ2v) is 8.45. The Hall–Kier alpha value is -2.71. The molecular weight excluding hydrogens is 438 g/mol. The highest BCUT2D eigenvalue weighted by molar-refractivity contribution is 8.14. The molecule has 2 aromatic carbocycles. The molecule has 9 heteroatoms. The van der Waals surface area contributed by atoms with Gasteiger partial charge in [-0.2, -0.15) is 0 Å². The Labute approximate surface area is 190 Å². The van der Waals surface area contributed by atoms with E-state index >= 15 is 0 Å². The standard InChI is InChI=1S/C22H24ClN3O4S/c1-14-5-8-18(9-6-14)29-11-4-12-30-20-10-7-17(13-19(20)23)21-26(16(3)28)25-22(31-21)24-15(2)27/h5-10,13,21H,4,11-12H2,1-3H3,(H,24,25,27)/t21-/m1/s1. The zero-order valence-electron chi connectivity index (χ0n) is 17.6. The van der Waals surface area contributed by atoms with Gasteiger partial charge >= 0.3 is 0 Å². The highest BCUT2D eigenvalue weighted by Crippen LogP contribution is 2.40. The quantitative estimate of drug-likeness (QED) is 0.614. The number of carbonyl (C=O) groups excluding carboxylic acids is 2. The molecule has 0 saturated heterocycles. The van der Waals surface area contributed by atoms with E-state index in [1.807, 2.05) is 37.3 Å². The van der Waals surface area contributed by atoms with E-state index in [4.69, 9.17) is 21.1 Å². The van der Waals surface area contributed by atoms with Crippen LogP contribution in [0.4, 0.5) is 0 Å². The number of rotatable bonds is 7. The van der Waals surface area contributed by atoms with Crippen molar-refractivity contribution in [1.29, 1.82) is 0 Å². The molecule has 164 valence electrons. The lowest BCUT2D eigenvalue weighted by Crippen LogP contribution is -2.25. The van der Waals surface area contributed by atoms with Crippen LogP contribution in [0.1, 0.15) is 36.8 Å². The van der Waals surface area contributed by atoms with Gasteiger partial charge in [-0.05, 0) is 36.8 Å². The minimum absolute atomic E-state index is 0.233. The summed E-state index contributed by atoms with van der Waals surface area (Å²) in [4.78, 5) is 23.3. The van der Waals surface area contributed by atoms with Gasteiger partial charge in [0.1, 0.15) is 16.9 Å². The van der Waals surface area contributed by atoms with Crippen molar-refractivity contribution in [1.82, 2.24) is 10.3 Å². The van der Waals surface area contributed by atoms with E-state index in [0.29, 0.717) is 35.6 Å². The third-order valence-electron chi connectivity index (χ3n) is 4.33. The summed E-state index contributed by atoms with van der Waals surface area (Å²) in [6.07, 6.45) is 0.705. The van der Waals surface area contributed by atoms with Gasteiger partial charge in [0.15, 0.2) is 5.17 Å². The summed E-state index contributed by atoms with van der Waals surface area (Å²) in [5, 5.41) is 8.53. The van der Waals surface area contributed by atoms with E-state index in [9.17, 15) is 9.59 Å². The number of halogens is 1. The number of amidine groups is 1. The smallest absolute Gasteiger partial charge is 0.241 e. The maximum absolute atomic E-state index is 12.0. The molecule has 0 radical (unpaired) electrons. The number of thioether (sulfide) groups is 1. The van der Waals surface area contributed by atoms with Gasteiger partial charge in [-0.25, -0.2) is 5.01 Å². The summed E-state index contributed by atoms with van der Waals surface area (Å²) in [5.41, 5.74) is 1.97. The molecule has 1 heterocycles. The average molecular weight is 462 g/mol. The highest BCUT2D eigenvalue weighted by Gasteiger charge is 2.32. The number of aryl methyl sites for hydroxylation is 1. The lowest BCUT2D eigenvalue weighted by atomic mass is 10.2. The van der Waals surface area contributed by atoms with E-state index in [1.54, 1.807) is 12.1 Å². The van der Waals surface area contributed by atoms with Gasteiger partial charge in [0.05, 0.1) is 18.2 Å². The number of hydrogen-bond acceptors (Lipinski definition) is 6. The van der Waals surface area contributed by atoms with Crippen molar-refractivity contribution < 1.29 is 19.1 Å². The van der Waals surface area contributed by atoms with E-state index in [2.05, 4.69) is 10.4 Å². The second-order valence-electron chi connectivity index (χ2n) is 6.97. The predicted molar refractivity (Wildman–Crippen MR) is 122 cm³/mol. The molecule has 0 spiro atoms. The highest BCUT2D eigenvalue weighted by atomic mass is 35.5. The summed E-state index contributed by atoms with van der Waals surface area (Å²) in [6.45, 7) is 5.84. The Morgan fingerprint density at radius 2 is 1.84 bits per heavy atom. The molecule has 3 rings (SSSR count). The summed E-state index contributed by atoms with van der Waals surface area (Å²) < 4.78 is 11.5. The molecule has 2 aromatic rings. The lowest BCUT2D eigenvalue weighted by molar-refractivity contribution is -0.129. The lowest BCUT2D eigenvalue weighted by Gasteiger charge is -2.20. The van der Waals surface area contributed by atoms with Crippen LogP contribution in [0.25, 0.3) is 0 Å². The van der Waals surface area contributed by atoms with E-state index < -0.39 is 5.37 Å². The first kappa shape index (κ1) is 23.0. The van der Waals surface area contributed by atoms with Crippen molar-refractivity contribution in [2.24, 2.45) is 5.10 Å². The minimum Gasteiger partial charge on any atom is -0.493 e. The van der Waals surface area contributed by atoms with Crippen LogP contribution in [0, 0.1) is 6.92 Å². The van der Waals surface area contributed by atoms with Crippen molar-refractivity contribution in [3.05, 3.63) is 58.6 Å². The van der Waals surface area contributed by atoms with Crippen LogP contribution in [-0.2, 0) is 9.59 Å². The van der Waals surface area contributed by atoms with E-state index in [0.717, 1.165) is 11.3 Å². The second kappa shape index (κ2) is 10.5. The molecule has 7 nitrogen and oxygen atoms in total. The van der Waals surface area contributed by atoms with Gasteiger partial charge in [0.25, 0.3) is 0 Å². The van der Waals surface area contributed by atoms with Crippen LogP contribution in [0.5, 0.6) is 11.5 Å². The maximum Gasteiger partial charge on any atom is 0.241 e. The summed E-state index contributed by atoms with van der Waals surface area (Å²) in [6, 6.07) is 13.3. The van der Waals surface area contributed by atoms with Gasteiger partial charge in [-0.3, -0.25) is 9.59 Å². The van der Waals surface area contributed by atoms with Crippen LogP contribution >= 0.6 is 23.4 Å². The molecule has 0 aliphatic carbocycles. The van der Waals surface area contributed by atoms with Gasteiger partial charge in [-0.15, -0.1) is 5.10 Å². The molecular formula is C22H24ClN3O4S. The molecule has 2 amide bonds.